The summed E-state index contributed by atoms with van der Waals surface area (Å²) in [5.74, 6) is 0. The van der Waals surface area contributed by atoms with E-state index in [1.165, 1.54) is 63.4 Å². The Morgan fingerprint density at radius 3 is 1.89 bits per heavy atom. The molecule has 0 nitrogen and oxygen atoms in total. The van der Waals surface area contributed by atoms with Crippen molar-refractivity contribution < 1.29 is 0 Å². The molecule has 0 N–H and O–H groups in total. The van der Waals surface area contributed by atoms with E-state index >= 15 is 0 Å². The minimum Gasteiger partial charge on any atom is -0.0853 e. The van der Waals surface area contributed by atoms with Gasteiger partial charge in [-0.25, -0.2) is 0 Å². The van der Waals surface area contributed by atoms with Crippen LogP contribution in [-0.4, -0.2) is 0 Å². The molecular weight excluding hydrogens is 248 g/mol. The third-order valence-corrected chi connectivity index (χ3v) is 4.25. The summed E-state index contributed by atoms with van der Waals surface area (Å²) >= 11 is 5.55. The molecule has 0 spiro atoms. The van der Waals surface area contributed by atoms with Crippen LogP contribution in [0.3, 0.4) is 0 Å². The van der Waals surface area contributed by atoms with Gasteiger partial charge in [0.1, 0.15) is 0 Å². The first-order chi connectivity index (χ1) is 9.34. The molecule has 0 aliphatic rings. The molecule has 1 aromatic rings. The minimum absolute atomic E-state index is 0.311. The molecule has 0 fully saturated rings. The first-order valence-electron chi connectivity index (χ1n) is 8.05. The fraction of sp³-hybridized carbons (Fsp3) is 0.667. The van der Waals surface area contributed by atoms with Crippen LogP contribution >= 0.6 is 12.6 Å². The second-order valence-corrected chi connectivity index (χ2v) is 6.09. The Morgan fingerprint density at radius 1 is 0.789 bits per heavy atom. The molecule has 1 rings (SSSR count). The van der Waals surface area contributed by atoms with Gasteiger partial charge in [0, 0.05) is 5.25 Å². The maximum atomic E-state index is 5.55. The first-order valence-corrected chi connectivity index (χ1v) is 8.52. The maximum absolute atomic E-state index is 5.55. The summed E-state index contributed by atoms with van der Waals surface area (Å²) in [5.41, 5.74) is 1.32. The zero-order chi connectivity index (χ0) is 13.8. The minimum atomic E-state index is 0.311. The van der Waals surface area contributed by atoms with Crippen molar-refractivity contribution in [1.29, 1.82) is 0 Å². The van der Waals surface area contributed by atoms with Crippen molar-refractivity contribution in [3.05, 3.63) is 35.9 Å². The van der Waals surface area contributed by atoms with Gasteiger partial charge in [-0.05, 0) is 12.0 Å². The number of unbranched alkanes of at least 4 members (excludes halogenated alkanes) is 8. The average Bonchev–Trinajstić information content (AvgIpc) is 2.46. The summed E-state index contributed by atoms with van der Waals surface area (Å²) in [4.78, 5) is 0. The van der Waals surface area contributed by atoms with E-state index in [4.69, 9.17) is 12.6 Å². The fourth-order valence-corrected chi connectivity index (χ4v) is 2.80. The first kappa shape index (κ1) is 16.6. The highest BCUT2D eigenvalue weighted by Crippen LogP contribution is 2.25. The summed E-state index contributed by atoms with van der Waals surface area (Å²) in [7, 11) is 0. The number of rotatable bonds is 11. The Bertz CT molecular complexity index is 294. The van der Waals surface area contributed by atoms with Gasteiger partial charge >= 0.3 is 0 Å². The van der Waals surface area contributed by atoms with Gasteiger partial charge in [0.15, 0.2) is 0 Å². The lowest BCUT2D eigenvalue weighted by atomic mass is 10.0. The van der Waals surface area contributed by atoms with E-state index in [1.54, 1.807) is 0 Å². The zero-order valence-corrected chi connectivity index (χ0v) is 13.3. The topological polar surface area (TPSA) is 0 Å². The van der Waals surface area contributed by atoms with Crippen molar-refractivity contribution in [2.24, 2.45) is 0 Å². The van der Waals surface area contributed by atoms with Gasteiger partial charge in [0.2, 0.25) is 0 Å². The molecule has 1 unspecified atom stereocenters. The maximum Gasteiger partial charge on any atom is 0.0401 e. The Labute approximate surface area is 125 Å². The lowest BCUT2D eigenvalue weighted by Gasteiger charge is -2.09. The second kappa shape index (κ2) is 11.4. The standard InChI is InChI=1S/C18H29S/c1-2-3-4-5-6-7-8-9-13-16-18(19)17-14-11-10-12-15-17/h10-12,14-15,18H,2-9,13,16H2,1H3. The third-order valence-electron chi connectivity index (χ3n) is 3.74. The quantitative estimate of drug-likeness (QED) is 0.388. The predicted molar refractivity (Wildman–Crippen MR) is 88.6 cm³/mol. The van der Waals surface area contributed by atoms with Gasteiger partial charge < -0.3 is 0 Å². The summed E-state index contributed by atoms with van der Waals surface area (Å²) < 4.78 is 0. The van der Waals surface area contributed by atoms with E-state index in [1.807, 2.05) is 0 Å². The molecule has 1 aromatic carbocycles. The highest BCUT2D eigenvalue weighted by atomic mass is 32.1. The van der Waals surface area contributed by atoms with Crippen LogP contribution in [-0.2, 0) is 0 Å². The molecule has 0 amide bonds. The molecule has 107 valence electrons. The Balaban J connectivity index is 1.93. The van der Waals surface area contributed by atoms with Crippen LogP contribution in [0.1, 0.15) is 81.9 Å². The SMILES string of the molecule is CCCCCCCCCCCC([S])c1ccccc1. The summed E-state index contributed by atoms with van der Waals surface area (Å²) in [6.07, 6.45) is 13.7. The Morgan fingerprint density at radius 2 is 1.32 bits per heavy atom. The van der Waals surface area contributed by atoms with Crippen molar-refractivity contribution >= 4 is 12.6 Å². The monoisotopic (exact) mass is 277 g/mol. The van der Waals surface area contributed by atoms with Crippen molar-refractivity contribution in [1.82, 2.24) is 0 Å². The van der Waals surface area contributed by atoms with E-state index in [0.717, 1.165) is 6.42 Å². The lowest BCUT2D eigenvalue weighted by molar-refractivity contribution is 0.555. The van der Waals surface area contributed by atoms with Gasteiger partial charge in [-0.15, -0.1) is 0 Å². The van der Waals surface area contributed by atoms with Crippen LogP contribution < -0.4 is 0 Å². The van der Waals surface area contributed by atoms with E-state index in [-0.39, 0.29) is 0 Å². The van der Waals surface area contributed by atoms with Crippen LogP contribution in [0.25, 0.3) is 0 Å². The molecule has 0 saturated heterocycles. The smallest absolute Gasteiger partial charge is 0.0401 e. The van der Waals surface area contributed by atoms with Gasteiger partial charge in [0.05, 0.1) is 0 Å². The Hall–Kier alpha value is -0.430. The number of hydrogen-bond acceptors (Lipinski definition) is 0. The zero-order valence-electron chi connectivity index (χ0n) is 12.4. The molecule has 0 heterocycles. The lowest BCUT2D eigenvalue weighted by Crippen LogP contribution is -1.90. The average molecular weight is 277 g/mol. The van der Waals surface area contributed by atoms with Crippen LogP contribution in [0, 0.1) is 0 Å². The molecule has 1 radical (unpaired) electrons. The largest absolute Gasteiger partial charge is 0.0853 e. The van der Waals surface area contributed by atoms with Crippen LogP contribution in [0.15, 0.2) is 30.3 Å². The highest BCUT2D eigenvalue weighted by Gasteiger charge is 2.05. The summed E-state index contributed by atoms with van der Waals surface area (Å²) in [5, 5.41) is 0.311. The van der Waals surface area contributed by atoms with E-state index in [0.29, 0.717) is 5.25 Å². The van der Waals surface area contributed by atoms with Crippen molar-refractivity contribution in [3.63, 3.8) is 0 Å². The van der Waals surface area contributed by atoms with E-state index in [9.17, 15) is 0 Å². The third kappa shape index (κ3) is 8.36. The fourth-order valence-electron chi connectivity index (χ4n) is 2.47. The molecular formula is C18H29S. The highest BCUT2D eigenvalue weighted by molar-refractivity contribution is 7.80. The van der Waals surface area contributed by atoms with Crippen molar-refractivity contribution in [2.45, 2.75) is 76.4 Å². The van der Waals surface area contributed by atoms with Gasteiger partial charge in [-0.3, -0.25) is 0 Å². The van der Waals surface area contributed by atoms with Gasteiger partial charge in [0.25, 0.3) is 0 Å². The summed E-state index contributed by atoms with van der Waals surface area (Å²) in [6, 6.07) is 10.6. The van der Waals surface area contributed by atoms with Gasteiger partial charge in [-0.1, -0.05) is 108 Å². The van der Waals surface area contributed by atoms with E-state index in [2.05, 4.69) is 37.3 Å². The molecule has 0 bridgehead atoms. The predicted octanol–water partition coefficient (Wildman–Crippen LogP) is 6.85. The molecule has 0 aliphatic heterocycles. The van der Waals surface area contributed by atoms with Crippen LogP contribution in [0.5, 0.6) is 0 Å². The van der Waals surface area contributed by atoms with Crippen LogP contribution in [0.4, 0.5) is 0 Å². The second-order valence-electron chi connectivity index (χ2n) is 5.52. The molecule has 0 saturated carbocycles. The number of hydrogen-bond donors (Lipinski definition) is 0. The molecule has 1 heteroatoms. The van der Waals surface area contributed by atoms with E-state index < -0.39 is 0 Å². The van der Waals surface area contributed by atoms with Crippen LogP contribution in [0.2, 0.25) is 0 Å². The summed E-state index contributed by atoms with van der Waals surface area (Å²) in [6.45, 7) is 2.28. The van der Waals surface area contributed by atoms with Gasteiger partial charge in [-0.2, -0.15) is 0 Å². The number of benzene rings is 1. The Kier molecular flexibility index (Phi) is 9.98. The molecule has 19 heavy (non-hydrogen) atoms. The molecule has 0 aromatic heterocycles. The normalized spacial score (nSPS) is 12.5. The van der Waals surface area contributed by atoms with Crippen molar-refractivity contribution in [2.75, 3.05) is 0 Å². The van der Waals surface area contributed by atoms with Crippen molar-refractivity contribution in [3.8, 4) is 0 Å². The molecule has 0 aliphatic carbocycles. The molecule has 1 atom stereocenters.